The van der Waals surface area contributed by atoms with Crippen LogP contribution in [0.1, 0.15) is 5.56 Å². The van der Waals surface area contributed by atoms with Crippen LogP contribution in [0.2, 0.25) is 0 Å². The first kappa shape index (κ1) is 15.7. The highest BCUT2D eigenvalue weighted by Crippen LogP contribution is 2.42. The summed E-state index contributed by atoms with van der Waals surface area (Å²) in [5.74, 6) is -0.197. The van der Waals surface area contributed by atoms with E-state index in [1.165, 1.54) is 11.8 Å². The lowest BCUT2D eigenvalue weighted by atomic mass is 10.1. The Morgan fingerprint density at radius 2 is 1.84 bits per heavy atom. The zero-order chi connectivity index (χ0) is 17.6. The number of aliphatic imine (C=N–C) groups is 1. The van der Waals surface area contributed by atoms with Gasteiger partial charge in [-0.05, 0) is 47.7 Å². The van der Waals surface area contributed by atoms with Crippen LogP contribution in [0.5, 0.6) is 0 Å². The molecule has 0 unspecified atom stereocenters. The summed E-state index contributed by atoms with van der Waals surface area (Å²) in [4.78, 5) is 21.4. The average molecular weight is 348 g/mol. The van der Waals surface area contributed by atoms with E-state index in [2.05, 4.69) is 4.99 Å². The van der Waals surface area contributed by atoms with Crippen LogP contribution in [0.4, 0.5) is 11.4 Å². The highest BCUT2D eigenvalue weighted by molar-refractivity contribution is 8.15. The maximum Gasteiger partial charge on any atom is 0.283 e. The van der Waals surface area contributed by atoms with E-state index >= 15 is 0 Å². The minimum atomic E-state index is -0.367. The molecule has 0 bridgehead atoms. The fourth-order valence-electron chi connectivity index (χ4n) is 2.80. The second kappa shape index (κ2) is 5.89. The quantitative estimate of drug-likeness (QED) is 0.842. The van der Waals surface area contributed by atoms with Crippen molar-refractivity contribution in [2.45, 2.75) is 4.90 Å². The number of amides is 1. The third-order valence-electron chi connectivity index (χ3n) is 4.13. The molecule has 0 aliphatic carbocycles. The number of nitrogens with zero attached hydrogens (tertiary/aromatic N) is 3. The maximum atomic E-state index is 12.4. The maximum absolute atomic E-state index is 12.4. The number of hydrogen-bond donors (Lipinski definition) is 1. The van der Waals surface area contributed by atoms with E-state index in [9.17, 15) is 4.79 Å². The summed E-state index contributed by atoms with van der Waals surface area (Å²) < 4.78 is 0. The van der Waals surface area contributed by atoms with Crippen molar-refractivity contribution in [1.29, 1.82) is 5.41 Å². The standard InChI is InChI=1S/C19H16N4OS/c1-22(2)13-9-7-12(8-10-13)11-14-17(20)23-15-5-3-4-6-16(15)25-19(23)21-18(14)24/h3-11,20H,1-2H3/b14-11+,20-17?. The number of fused-ring (bicyclic) bond motifs is 3. The number of benzene rings is 2. The van der Waals surface area contributed by atoms with Crippen LogP contribution in [0.15, 0.2) is 64.0 Å². The predicted octanol–water partition coefficient (Wildman–Crippen LogP) is 3.62. The minimum Gasteiger partial charge on any atom is -0.378 e. The molecule has 0 atom stereocenters. The number of carbonyl (C=O) groups is 1. The van der Waals surface area contributed by atoms with E-state index in [0.717, 1.165) is 21.8 Å². The largest absolute Gasteiger partial charge is 0.378 e. The molecule has 2 aliphatic heterocycles. The topological polar surface area (TPSA) is 59.8 Å². The number of hydrogen-bond acceptors (Lipinski definition) is 4. The Balaban J connectivity index is 1.72. The number of amidine groups is 2. The van der Waals surface area contributed by atoms with Crippen LogP contribution >= 0.6 is 11.8 Å². The van der Waals surface area contributed by atoms with Gasteiger partial charge in [0, 0.05) is 24.7 Å². The Labute approximate surface area is 150 Å². The van der Waals surface area contributed by atoms with Gasteiger partial charge >= 0.3 is 0 Å². The van der Waals surface area contributed by atoms with Gasteiger partial charge in [0.25, 0.3) is 5.91 Å². The molecule has 25 heavy (non-hydrogen) atoms. The van der Waals surface area contributed by atoms with Gasteiger partial charge in [0.2, 0.25) is 0 Å². The molecule has 0 radical (unpaired) electrons. The van der Waals surface area contributed by atoms with Crippen molar-refractivity contribution < 1.29 is 4.79 Å². The van der Waals surface area contributed by atoms with Crippen LogP contribution < -0.4 is 9.80 Å². The first-order valence-corrected chi connectivity index (χ1v) is 8.64. The number of anilines is 2. The van der Waals surface area contributed by atoms with E-state index in [1.54, 1.807) is 11.0 Å². The Morgan fingerprint density at radius 1 is 1.12 bits per heavy atom. The highest BCUT2D eigenvalue weighted by atomic mass is 32.2. The molecule has 4 rings (SSSR count). The van der Waals surface area contributed by atoms with Crippen molar-refractivity contribution in [3.63, 3.8) is 0 Å². The molecule has 0 saturated carbocycles. The summed E-state index contributed by atoms with van der Waals surface area (Å²) in [6, 6.07) is 15.6. The van der Waals surface area contributed by atoms with Gasteiger partial charge in [-0.3, -0.25) is 15.1 Å². The molecule has 1 N–H and O–H groups in total. The molecule has 2 heterocycles. The highest BCUT2D eigenvalue weighted by Gasteiger charge is 2.37. The van der Waals surface area contributed by atoms with E-state index < -0.39 is 0 Å². The van der Waals surface area contributed by atoms with Crippen molar-refractivity contribution in [2.75, 3.05) is 23.9 Å². The molecule has 6 heteroatoms. The fourth-order valence-corrected chi connectivity index (χ4v) is 3.82. The zero-order valence-corrected chi connectivity index (χ0v) is 14.7. The summed E-state index contributed by atoms with van der Waals surface area (Å²) in [6.07, 6.45) is 1.73. The van der Waals surface area contributed by atoms with Crippen molar-refractivity contribution in [3.8, 4) is 0 Å². The van der Waals surface area contributed by atoms with Crippen molar-refractivity contribution in [2.24, 2.45) is 4.99 Å². The molecule has 2 aromatic rings. The normalized spacial score (nSPS) is 17.4. The van der Waals surface area contributed by atoms with Crippen LogP contribution in [0, 0.1) is 5.41 Å². The summed E-state index contributed by atoms with van der Waals surface area (Å²) in [7, 11) is 3.96. The second-order valence-electron chi connectivity index (χ2n) is 6.00. The second-order valence-corrected chi connectivity index (χ2v) is 7.01. The molecule has 2 aliphatic rings. The lowest BCUT2D eigenvalue weighted by molar-refractivity contribution is -0.113. The van der Waals surface area contributed by atoms with Gasteiger partial charge in [-0.25, -0.2) is 0 Å². The van der Waals surface area contributed by atoms with Crippen LogP contribution in [-0.4, -0.2) is 31.0 Å². The SMILES string of the molecule is CN(C)c1ccc(/C=C2\C(=N)N3C(=NC2=O)Sc2ccccc23)cc1. The smallest absolute Gasteiger partial charge is 0.283 e. The third kappa shape index (κ3) is 2.64. The van der Waals surface area contributed by atoms with Gasteiger partial charge in [0.15, 0.2) is 5.17 Å². The van der Waals surface area contributed by atoms with Crippen molar-refractivity contribution in [1.82, 2.24) is 0 Å². The van der Waals surface area contributed by atoms with E-state index in [4.69, 9.17) is 5.41 Å². The van der Waals surface area contributed by atoms with Gasteiger partial charge in [-0.2, -0.15) is 4.99 Å². The Kier molecular flexibility index (Phi) is 3.69. The van der Waals surface area contributed by atoms with Gasteiger partial charge < -0.3 is 4.90 Å². The van der Waals surface area contributed by atoms with Crippen LogP contribution in [0.3, 0.4) is 0 Å². The molecule has 0 fully saturated rings. The van der Waals surface area contributed by atoms with Gasteiger partial charge in [-0.1, -0.05) is 24.3 Å². The lowest BCUT2D eigenvalue weighted by Crippen LogP contribution is -2.39. The number of nitrogens with one attached hydrogen (secondary N) is 1. The summed E-state index contributed by atoms with van der Waals surface area (Å²) in [6.45, 7) is 0. The zero-order valence-electron chi connectivity index (χ0n) is 13.9. The summed E-state index contributed by atoms with van der Waals surface area (Å²) in [5, 5.41) is 9.08. The molecular formula is C19H16N4OS. The average Bonchev–Trinajstić information content (AvgIpc) is 2.97. The number of para-hydroxylation sites is 1. The van der Waals surface area contributed by atoms with Crippen LogP contribution in [0.25, 0.3) is 6.08 Å². The lowest BCUT2D eigenvalue weighted by Gasteiger charge is -2.24. The fraction of sp³-hybridized carbons (Fsp3) is 0.105. The first-order chi connectivity index (χ1) is 12.0. The number of thioether (sulfide) groups is 1. The van der Waals surface area contributed by atoms with Gasteiger partial charge in [0.1, 0.15) is 5.84 Å². The molecule has 0 spiro atoms. The van der Waals surface area contributed by atoms with E-state index in [0.29, 0.717) is 10.7 Å². The van der Waals surface area contributed by atoms with Crippen molar-refractivity contribution in [3.05, 3.63) is 59.7 Å². The van der Waals surface area contributed by atoms with E-state index in [1.807, 2.05) is 67.5 Å². The molecule has 5 nitrogen and oxygen atoms in total. The minimum absolute atomic E-state index is 0.170. The van der Waals surface area contributed by atoms with Gasteiger partial charge in [-0.15, -0.1) is 0 Å². The Morgan fingerprint density at radius 3 is 2.56 bits per heavy atom. The molecular weight excluding hydrogens is 332 g/mol. The van der Waals surface area contributed by atoms with Crippen LogP contribution in [-0.2, 0) is 4.79 Å². The number of rotatable bonds is 2. The Bertz CT molecular complexity index is 944. The molecule has 124 valence electrons. The predicted molar refractivity (Wildman–Crippen MR) is 104 cm³/mol. The monoisotopic (exact) mass is 348 g/mol. The Hall–Kier alpha value is -2.86. The molecule has 0 aromatic heterocycles. The summed E-state index contributed by atoms with van der Waals surface area (Å²) >= 11 is 1.42. The van der Waals surface area contributed by atoms with E-state index in [-0.39, 0.29) is 11.7 Å². The van der Waals surface area contributed by atoms with Gasteiger partial charge in [0.05, 0.1) is 11.3 Å². The summed E-state index contributed by atoms with van der Waals surface area (Å²) in [5.41, 5.74) is 3.16. The molecule has 1 amide bonds. The third-order valence-corrected chi connectivity index (χ3v) is 5.15. The molecule has 0 saturated heterocycles. The first-order valence-electron chi connectivity index (χ1n) is 7.82. The molecule has 2 aromatic carbocycles. The van der Waals surface area contributed by atoms with Crippen molar-refractivity contribution >= 4 is 46.1 Å². The number of carbonyl (C=O) groups excluding carboxylic acids is 1.